The summed E-state index contributed by atoms with van der Waals surface area (Å²) in [7, 11) is 3.56. The number of rotatable bonds is 9. The molecule has 1 aromatic heterocycles. The van der Waals surface area contributed by atoms with Crippen LogP contribution in [0.15, 0.2) is 29.4 Å². The van der Waals surface area contributed by atoms with Gasteiger partial charge in [0.05, 0.1) is 12.9 Å². The van der Waals surface area contributed by atoms with Gasteiger partial charge in [-0.15, -0.1) is 10.2 Å². The van der Waals surface area contributed by atoms with E-state index in [9.17, 15) is 4.79 Å². The number of benzene rings is 1. The number of nitrogens with zero attached hydrogens (tertiary/aromatic N) is 4. The first-order chi connectivity index (χ1) is 16.2. The Morgan fingerprint density at radius 1 is 1.03 bits per heavy atom. The maximum absolute atomic E-state index is 13.4. The van der Waals surface area contributed by atoms with Crippen LogP contribution in [0.1, 0.15) is 70.0 Å². The highest BCUT2D eigenvalue weighted by Gasteiger charge is 2.32. The lowest BCUT2D eigenvalue weighted by Crippen LogP contribution is -2.49. The highest BCUT2D eigenvalue weighted by atomic mass is 32.2. The number of hydrogen-bond acceptors (Lipinski definition) is 6. The molecule has 0 saturated heterocycles. The summed E-state index contributed by atoms with van der Waals surface area (Å²) in [6, 6.07) is 8.34. The van der Waals surface area contributed by atoms with Crippen molar-refractivity contribution in [1.82, 2.24) is 19.7 Å². The normalized spacial score (nSPS) is 17.6. The lowest BCUT2D eigenvalue weighted by atomic mass is 9.88. The van der Waals surface area contributed by atoms with Gasteiger partial charge in [-0.05, 0) is 37.8 Å². The zero-order valence-corrected chi connectivity index (χ0v) is 20.7. The van der Waals surface area contributed by atoms with Crippen molar-refractivity contribution < 1.29 is 14.3 Å². The Morgan fingerprint density at radius 3 is 2.30 bits per heavy atom. The topological polar surface area (TPSA) is 69.5 Å². The maximum Gasteiger partial charge on any atom is 0.233 e. The molecule has 2 fully saturated rings. The SMILES string of the molecule is COc1cccc(OCc2nnc(SCC(=O)N(C3CCCCC3)C3CCCCC3)n2C)c1. The summed E-state index contributed by atoms with van der Waals surface area (Å²) >= 11 is 1.48. The van der Waals surface area contributed by atoms with Gasteiger partial charge in [-0.2, -0.15) is 0 Å². The summed E-state index contributed by atoms with van der Waals surface area (Å²) < 4.78 is 13.0. The lowest BCUT2D eigenvalue weighted by molar-refractivity contribution is -0.135. The van der Waals surface area contributed by atoms with E-state index in [2.05, 4.69) is 15.1 Å². The number of thioether (sulfide) groups is 1. The van der Waals surface area contributed by atoms with Gasteiger partial charge in [-0.25, -0.2) is 0 Å². The van der Waals surface area contributed by atoms with Gasteiger partial charge in [-0.1, -0.05) is 56.4 Å². The van der Waals surface area contributed by atoms with Crippen LogP contribution in [0, 0.1) is 0 Å². The Kier molecular flexibility index (Phi) is 8.53. The van der Waals surface area contributed by atoms with Gasteiger partial charge in [-0.3, -0.25) is 4.79 Å². The fraction of sp³-hybridized carbons (Fsp3) is 0.640. The van der Waals surface area contributed by atoms with E-state index in [4.69, 9.17) is 9.47 Å². The molecule has 0 bridgehead atoms. The minimum atomic E-state index is 0.260. The molecule has 0 atom stereocenters. The molecule has 7 nitrogen and oxygen atoms in total. The largest absolute Gasteiger partial charge is 0.497 e. The molecule has 0 spiro atoms. The monoisotopic (exact) mass is 472 g/mol. The van der Waals surface area contributed by atoms with Gasteiger partial charge in [0.1, 0.15) is 18.1 Å². The van der Waals surface area contributed by atoms with Crippen LogP contribution in [-0.2, 0) is 18.4 Å². The van der Waals surface area contributed by atoms with Crippen LogP contribution in [-0.4, -0.2) is 50.5 Å². The van der Waals surface area contributed by atoms with Crippen molar-refractivity contribution in [3.63, 3.8) is 0 Å². The van der Waals surface area contributed by atoms with Crippen LogP contribution in [0.3, 0.4) is 0 Å². The van der Waals surface area contributed by atoms with Gasteiger partial charge < -0.3 is 18.9 Å². The molecule has 0 N–H and O–H groups in total. The van der Waals surface area contributed by atoms with Crippen molar-refractivity contribution in [1.29, 1.82) is 0 Å². The number of hydrogen-bond donors (Lipinski definition) is 0. The number of ether oxygens (including phenoxy) is 2. The van der Waals surface area contributed by atoms with Crippen LogP contribution in [0.25, 0.3) is 0 Å². The van der Waals surface area contributed by atoms with Crippen LogP contribution in [0.5, 0.6) is 11.5 Å². The summed E-state index contributed by atoms with van der Waals surface area (Å²) in [6.07, 6.45) is 12.2. The Bertz CT molecular complexity index is 889. The number of amides is 1. The van der Waals surface area contributed by atoms with E-state index in [0.717, 1.165) is 48.2 Å². The van der Waals surface area contributed by atoms with E-state index in [-0.39, 0.29) is 5.91 Å². The van der Waals surface area contributed by atoms with E-state index < -0.39 is 0 Å². The zero-order valence-electron chi connectivity index (χ0n) is 19.9. The third kappa shape index (κ3) is 6.22. The minimum Gasteiger partial charge on any atom is -0.497 e. The van der Waals surface area contributed by atoms with Crippen LogP contribution in [0.4, 0.5) is 0 Å². The molecule has 1 aromatic carbocycles. The smallest absolute Gasteiger partial charge is 0.233 e. The Labute approximate surface area is 201 Å². The second-order valence-electron chi connectivity index (χ2n) is 9.10. The van der Waals surface area contributed by atoms with E-state index in [1.54, 1.807) is 7.11 Å². The molecule has 2 aromatic rings. The fourth-order valence-electron chi connectivity index (χ4n) is 5.06. The van der Waals surface area contributed by atoms with E-state index in [1.165, 1.54) is 50.3 Å². The highest BCUT2D eigenvalue weighted by molar-refractivity contribution is 7.99. The number of carbonyl (C=O) groups is 1. The summed E-state index contributed by atoms with van der Waals surface area (Å²) in [5, 5.41) is 9.36. The standard InChI is InChI=1S/C25H36N4O3S/c1-28-23(17-32-22-15-9-14-21(16-22)31-2)26-27-25(28)33-18-24(30)29(19-10-5-3-6-11-19)20-12-7-4-8-13-20/h9,14-16,19-20H,3-8,10-13,17-18H2,1-2H3. The summed E-state index contributed by atoms with van der Waals surface area (Å²) in [6.45, 7) is 0.307. The molecule has 0 unspecified atom stereocenters. The zero-order chi connectivity index (χ0) is 23.0. The second-order valence-corrected chi connectivity index (χ2v) is 10.0. The maximum atomic E-state index is 13.4. The predicted molar refractivity (Wildman–Crippen MR) is 130 cm³/mol. The lowest BCUT2D eigenvalue weighted by Gasteiger charge is -2.41. The van der Waals surface area contributed by atoms with Crippen LogP contribution < -0.4 is 9.47 Å². The molecular weight excluding hydrogens is 436 g/mol. The molecule has 0 radical (unpaired) electrons. The van der Waals surface area contributed by atoms with Crippen molar-refractivity contribution in [2.75, 3.05) is 12.9 Å². The van der Waals surface area contributed by atoms with Gasteiger partial charge in [0.25, 0.3) is 0 Å². The molecule has 1 heterocycles. The molecule has 8 heteroatoms. The summed E-state index contributed by atoms with van der Waals surface area (Å²) in [4.78, 5) is 15.7. The number of methoxy groups -OCH3 is 1. The van der Waals surface area contributed by atoms with Crippen LogP contribution in [0.2, 0.25) is 0 Å². The molecule has 2 aliphatic carbocycles. The van der Waals surface area contributed by atoms with Gasteiger partial charge in [0.15, 0.2) is 11.0 Å². The minimum absolute atomic E-state index is 0.260. The third-order valence-electron chi connectivity index (χ3n) is 6.88. The first-order valence-electron chi connectivity index (χ1n) is 12.2. The predicted octanol–water partition coefficient (Wildman–Crippen LogP) is 4.99. The summed E-state index contributed by atoms with van der Waals surface area (Å²) in [5.74, 6) is 2.87. The fourth-order valence-corrected chi connectivity index (χ4v) is 5.86. The van der Waals surface area contributed by atoms with Gasteiger partial charge in [0.2, 0.25) is 5.91 Å². The first kappa shape index (κ1) is 23.9. The van der Waals surface area contributed by atoms with E-state index >= 15 is 0 Å². The number of aromatic nitrogens is 3. The average Bonchev–Trinajstić information content (AvgIpc) is 3.22. The van der Waals surface area contributed by atoms with Crippen molar-refractivity contribution in [3.05, 3.63) is 30.1 Å². The van der Waals surface area contributed by atoms with Crippen molar-refractivity contribution in [2.24, 2.45) is 7.05 Å². The van der Waals surface area contributed by atoms with Gasteiger partial charge in [0, 0.05) is 25.2 Å². The first-order valence-corrected chi connectivity index (χ1v) is 13.2. The Balaban J connectivity index is 1.36. The molecule has 4 rings (SSSR count). The molecule has 2 saturated carbocycles. The van der Waals surface area contributed by atoms with Crippen molar-refractivity contribution >= 4 is 17.7 Å². The van der Waals surface area contributed by atoms with Crippen molar-refractivity contribution in [3.8, 4) is 11.5 Å². The third-order valence-corrected chi connectivity index (χ3v) is 7.89. The average molecular weight is 473 g/mol. The molecule has 33 heavy (non-hydrogen) atoms. The van der Waals surface area contributed by atoms with Crippen molar-refractivity contribution in [2.45, 2.75) is 88.1 Å². The molecular formula is C25H36N4O3S. The Morgan fingerprint density at radius 2 is 1.67 bits per heavy atom. The molecule has 180 valence electrons. The van der Waals surface area contributed by atoms with E-state index in [0.29, 0.717) is 24.4 Å². The second kappa shape index (κ2) is 11.8. The molecule has 2 aliphatic rings. The highest BCUT2D eigenvalue weighted by Crippen LogP contribution is 2.31. The molecule has 1 amide bonds. The van der Waals surface area contributed by atoms with E-state index in [1.807, 2.05) is 35.9 Å². The Hall–Kier alpha value is -2.22. The molecule has 0 aliphatic heterocycles. The quantitative estimate of drug-likeness (QED) is 0.479. The van der Waals surface area contributed by atoms with Crippen LogP contribution >= 0.6 is 11.8 Å². The van der Waals surface area contributed by atoms with Gasteiger partial charge >= 0.3 is 0 Å². The number of carbonyl (C=O) groups excluding carboxylic acids is 1. The summed E-state index contributed by atoms with van der Waals surface area (Å²) in [5.41, 5.74) is 0.